The molecule has 1 atom stereocenters. The molecule has 0 aliphatic carbocycles. The molecule has 22 heavy (non-hydrogen) atoms. The molecule has 0 aromatic rings. The minimum Gasteiger partial charge on any atom is -0.383 e. The highest BCUT2D eigenvalue weighted by Crippen LogP contribution is 2.21. The zero-order valence-corrected chi connectivity index (χ0v) is 15.8. The number of guanidine groups is 1. The van der Waals surface area contributed by atoms with Gasteiger partial charge in [-0.05, 0) is 39.2 Å². The average Bonchev–Trinajstić information content (AvgIpc) is 2.42. The summed E-state index contributed by atoms with van der Waals surface area (Å²) >= 11 is 0. The van der Waals surface area contributed by atoms with Crippen LogP contribution in [0.5, 0.6) is 0 Å². The number of hydrogen-bond acceptors (Lipinski definition) is 3. The highest BCUT2D eigenvalue weighted by atomic mass is 16.5. The Morgan fingerprint density at radius 1 is 1.27 bits per heavy atom. The van der Waals surface area contributed by atoms with Crippen LogP contribution in [0.25, 0.3) is 0 Å². The highest BCUT2D eigenvalue weighted by molar-refractivity contribution is 5.80. The quantitative estimate of drug-likeness (QED) is 0.480. The van der Waals surface area contributed by atoms with Crippen molar-refractivity contribution in [2.45, 2.75) is 53.5 Å². The largest absolute Gasteiger partial charge is 0.383 e. The van der Waals surface area contributed by atoms with Crippen LogP contribution in [0.1, 0.15) is 47.5 Å². The van der Waals surface area contributed by atoms with Crippen molar-refractivity contribution in [2.24, 2.45) is 10.4 Å². The van der Waals surface area contributed by atoms with E-state index in [0.29, 0.717) is 11.5 Å². The highest BCUT2D eigenvalue weighted by Gasteiger charge is 2.13. The van der Waals surface area contributed by atoms with Crippen LogP contribution >= 0.6 is 0 Å². The molecule has 0 bridgehead atoms. The molecule has 0 amide bonds. The molecule has 0 saturated carbocycles. The average molecular weight is 315 g/mol. The molecular weight excluding hydrogens is 276 g/mol. The van der Waals surface area contributed by atoms with Gasteiger partial charge in [0, 0.05) is 32.8 Å². The number of ether oxygens (including phenoxy) is 1. The SMILES string of the molecule is CCNC(=NCCN(C)CCOC)NC(C)CCC(C)(C)C. The van der Waals surface area contributed by atoms with Gasteiger partial charge in [-0.2, -0.15) is 0 Å². The van der Waals surface area contributed by atoms with Crippen LogP contribution in [0.4, 0.5) is 0 Å². The Hall–Kier alpha value is -0.810. The third-order valence-corrected chi connectivity index (χ3v) is 3.48. The molecule has 0 heterocycles. The number of nitrogens with one attached hydrogen (secondary N) is 2. The van der Waals surface area contributed by atoms with Crippen molar-refractivity contribution >= 4 is 5.96 Å². The van der Waals surface area contributed by atoms with Crippen molar-refractivity contribution in [3.8, 4) is 0 Å². The summed E-state index contributed by atoms with van der Waals surface area (Å²) in [6.07, 6.45) is 2.36. The van der Waals surface area contributed by atoms with Gasteiger partial charge in [0.1, 0.15) is 0 Å². The van der Waals surface area contributed by atoms with Crippen molar-refractivity contribution in [1.29, 1.82) is 0 Å². The standard InChI is InChI=1S/C17H38N4O/c1-8-18-16(19-11-12-21(6)13-14-22-7)20-15(2)9-10-17(3,4)5/h15H,8-14H2,1-7H3,(H2,18,19,20). The summed E-state index contributed by atoms with van der Waals surface area (Å²) in [6, 6.07) is 0.434. The predicted octanol–water partition coefficient (Wildman–Crippen LogP) is 2.33. The van der Waals surface area contributed by atoms with E-state index in [1.807, 2.05) is 0 Å². The lowest BCUT2D eigenvalue weighted by Crippen LogP contribution is -2.43. The van der Waals surface area contributed by atoms with Gasteiger partial charge >= 0.3 is 0 Å². The van der Waals surface area contributed by atoms with Gasteiger partial charge in [-0.3, -0.25) is 4.99 Å². The molecule has 0 aromatic heterocycles. The zero-order valence-electron chi connectivity index (χ0n) is 15.8. The summed E-state index contributed by atoms with van der Waals surface area (Å²) in [6.45, 7) is 15.5. The topological polar surface area (TPSA) is 48.9 Å². The second-order valence-corrected chi connectivity index (χ2v) is 7.20. The van der Waals surface area contributed by atoms with Crippen molar-refractivity contribution in [1.82, 2.24) is 15.5 Å². The number of hydrogen-bond donors (Lipinski definition) is 2. The molecular formula is C17H38N4O. The van der Waals surface area contributed by atoms with Gasteiger partial charge in [0.25, 0.3) is 0 Å². The normalized spacial score (nSPS) is 14.3. The molecule has 0 aliphatic rings. The first-order chi connectivity index (χ1) is 10.3. The molecule has 132 valence electrons. The number of rotatable bonds is 10. The van der Waals surface area contributed by atoms with E-state index in [9.17, 15) is 0 Å². The third-order valence-electron chi connectivity index (χ3n) is 3.48. The Morgan fingerprint density at radius 3 is 2.50 bits per heavy atom. The van der Waals surface area contributed by atoms with E-state index in [-0.39, 0.29) is 0 Å². The molecule has 0 spiro atoms. The summed E-state index contributed by atoms with van der Waals surface area (Å²) in [5.74, 6) is 0.920. The number of aliphatic imine (C=N–C) groups is 1. The van der Waals surface area contributed by atoms with E-state index in [1.165, 1.54) is 6.42 Å². The maximum atomic E-state index is 5.08. The second kappa shape index (κ2) is 11.7. The molecule has 0 aliphatic heterocycles. The van der Waals surface area contributed by atoms with Crippen molar-refractivity contribution < 1.29 is 4.74 Å². The van der Waals surface area contributed by atoms with E-state index in [2.05, 4.69) is 62.2 Å². The predicted molar refractivity (Wildman–Crippen MR) is 96.6 cm³/mol. The summed E-state index contributed by atoms with van der Waals surface area (Å²) < 4.78 is 5.08. The molecule has 2 N–H and O–H groups in total. The zero-order chi connectivity index (χ0) is 17.0. The van der Waals surface area contributed by atoms with E-state index in [1.54, 1.807) is 7.11 Å². The lowest BCUT2D eigenvalue weighted by molar-refractivity contribution is 0.163. The molecule has 5 heteroatoms. The first-order valence-corrected chi connectivity index (χ1v) is 8.50. The van der Waals surface area contributed by atoms with Gasteiger partial charge in [0.05, 0.1) is 13.2 Å². The first kappa shape index (κ1) is 21.2. The summed E-state index contributed by atoms with van der Waals surface area (Å²) in [7, 11) is 3.83. The lowest BCUT2D eigenvalue weighted by atomic mass is 9.89. The van der Waals surface area contributed by atoms with Gasteiger partial charge in [0.2, 0.25) is 0 Å². The fourth-order valence-corrected chi connectivity index (χ4v) is 1.97. The molecule has 0 radical (unpaired) electrons. The monoisotopic (exact) mass is 314 g/mol. The molecule has 0 aromatic carbocycles. The van der Waals surface area contributed by atoms with Crippen LogP contribution in [0.2, 0.25) is 0 Å². The van der Waals surface area contributed by atoms with Crippen LogP contribution in [0, 0.1) is 5.41 Å². The fourth-order valence-electron chi connectivity index (χ4n) is 1.97. The number of nitrogens with zero attached hydrogens (tertiary/aromatic N) is 2. The van der Waals surface area contributed by atoms with Crippen LogP contribution < -0.4 is 10.6 Å². The van der Waals surface area contributed by atoms with Crippen molar-refractivity contribution in [3.63, 3.8) is 0 Å². The molecule has 5 nitrogen and oxygen atoms in total. The number of likely N-dealkylation sites (N-methyl/N-ethyl adjacent to an activating group) is 1. The summed E-state index contributed by atoms with van der Waals surface area (Å²) in [4.78, 5) is 6.89. The Morgan fingerprint density at radius 2 is 1.95 bits per heavy atom. The van der Waals surface area contributed by atoms with E-state index in [4.69, 9.17) is 4.74 Å². The number of methoxy groups -OCH3 is 1. The van der Waals surface area contributed by atoms with E-state index in [0.717, 1.165) is 45.2 Å². The van der Waals surface area contributed by atoms with Gasteiger partial charge < -0.3 is 20.3 Å². The Balaban J connectivity index is 4.19. The van der Waals surface area contributed by atoms with Crippen LogP contribution in [-0.4, -0.2) is 63.8 Å². The Kier molecular flexibility index (Phi) is 11.3. The summed E-state index contributed by atoms with van der Waals surface area (Å²) in [5, 5.41) is 6.83. The van der Waals surface area contributed by atoms with Crippen molar-refractivity contribution in [2.75, 3.05) is 46.9 Å². The molecule has 0 saturated heterocycles. The van der Waals surface area contributed by atoms with Crippen LogP contribution in [-0.2, 0) is 4.74 Å². The maximum Gasteiger partial charge on any atom is 0.191 e. The molecule has 0 rings (SSSR count). The van der Waals surface area contributed by atoms with Gasteiger partial charge in [0.15, 0.2) is 5.96 Å². The Bertz CT molecular complexity index is 300. The molecule has 1 unspecified atom stereocenters. The fraction of sp³-hybridized carbons (Fsp3) is 0.941. The lowest BCUT2D eigenvalue weighted by Gasteiger charge is -2.23. The smallest absolute Gasteiger partial charge is 0.191 e. The van der Waals surface area contributed by atoms with Gasteiger partial charge in [-0.1, -0.05) is 20.8 Å². The van der Waals surface area contributed by atoms with E-state index < -0.39 is 0 Å². The Labute approximate surface area is 137 Å². The maximum absolute atomic E-state index is 5.08. The first-order valence-electron chi connectivity index (χ1n) is 8.50. The van der Waals surface area contributed by atoms with Crippen molar-refractivity contribution in [3.05, 3.63) is 0 Å². The van der Waals surface area contributed by atoms with Crippen LogP contribution in [0.15, 0.2) is 4.99 Å². The summed E-state index contributed by atoms with van der Waals surface area (Å²) in [5.41, 5.74) is 0.384. The minimum absolute atomic E-state index is 0.384. The minimum atomic E-state index is 0.384. The second-order valence-electron chi connectivity index (χ2n) is 7.20. The van der Waals surface area contributed by atoms with E-state index >= 15 is 0 Å². The molecule has 0 fully saturated rings. The van der Waals surface area contributed by atoms with Crippen LogP contribution in [0.3, 0.4) is 0 Å². The van der Waals surface area contributed by atoms with Gasteiger partial charge in [-0.15, -0.1) is 0 Å². The van der Waals surface area contributed by atoms with Gasteiger partial charge in [-0.25, -0.2) is 0 Å². The third kappa shape index (κ3) is 12.9.